The molecule has 0 radical (unpaired) electrons. The molecular weight excluding hydrogens is 459 g/mol. The average molecular weight is 469 g/mol. The highest BCUT2D eigenvalue weighted by Gasteiger charge is 2.38. The molecule has 0 saturated carbocycles. The lowest BCUT2D eigenvalue weighted by molar-refractivity contribution is -0.396. The molecule has 0 bridgehead atoms. The Morgan fingerprint density at radius 3 is 2.16 bits per heavy atom. The maximum absolute atomic E-state index is 13.0. The van der Waals surface area contributed by atoms with Gasteiger partial charge in [-0.25, -0.2) is 0 Å². The van der Waals surface area contributed by atoms with E-state index >= 15 is 0 Å². The zero-order chi connectivity index (χ0) is 23.5. The van der Waals surface area contributed by atoms with E-state index < -0.39 is 38.7 Å². The van der Waals surface area contributed by atoms with E-state index in [-0.39, 0.29) is 29.5 Å². The van der Waals surface area contributed by atoms with E-state index in [1.54, 1.807) is 0 Å². The number of benzene rings is 2. The second-order valence-corrected chi connectivity index (χ2v) is 6.98. The van der Waals surface area contributed by atoms with Crippen LogP contribution in [0.15, 0.2) is 46.6 Å². The summed E-state index contributed by atoms with van der Waals surface area (Å²) in [4.78, 5) is 31.2. The number of nitrogens with zero attached hydrogens (tertiary/aromatic N) is 4. The van der Waals surface area contributed by atoms with Crippen LogP contribution in [0.3, 0.4) is 0 Å². The molecule has 166 valence electrons. The molecule has 11 nitrogen and oxygen atoms in total. The van der Waals surface area contributed by atoms with Crippen molar-refractivity contribution in [2.45, 2.75) is 6.18 Å². The minimum atomic E-state index is -5.03. The Labute approximate surface area is 180 Å². The van der Waals surface area contributed by atoms with E-state index in [9.17, 15) is 38.2 Å². The van der Waals surface area contributed by atoms with Gasteiger partial charge in [-0.2, -0.15) is 18.3 Å². The molecular formula is C17H10F3N5O6S. The smallest absolute Gasteiger partial charge is 0.416 e. The third kappa shape index (κ3) is 5.37. The molecule has 1 fully saturated rings. The fourth-order valence-electron chi connectivity index (χ4n) is 2.40. The number of nitrogens with one attached hydrogen (secondary N) is 1. The largest absolute Gasteiger partial charge is 0.444 e. The SMILES string of the molecule is O=C1CSC(=NN=Cc2ccc(Oc3c([N+](=O)[O-])cc(C(F)(F)F)cc3[N+](=O)[O-])cc2)N1. The van der Waals surface area contributed by atoms with Gasteiger partial charge < -0.3 is 10.1 Å². The minimum Gasteiger partial charge on any atom is -0.444 e. The summed E-state index contributed by atoms with van der Waals surface area (Å²) in [6, 6.07) is 5.77. The first-order chi connectivity index (χ1) is 15.0. The number of amides is 1. The van der Waals surface area contributed by atoms with Crippen LogP contribution in [-0.4, -0.2) is 32.9 Å². The summed E-state index contributed by atoms with van der Waals surface area (Å²) in [6.45, 7) is 0. The monoisotopic (exact) mass is 469 g/mol. The van der Waals surface area contributed by atoms with E-state index in [0.29, 0.717) is 10.7 Å². The average Bonchev–Trinajstić information content (AvgIpc) is 3.13. The number of alkyl halides is 3. The lowest BCUT2D eigenvalue weighted by Crippen LogP contribution is -2.19. The summed E-state index contributed by atoms with van der Waals surface area (Å²) >= 11 is 1.17. The van der Waals surface area contributed by atoms with Gasteiger partial charge in [-0.05, 0) is 29.8 Å². The Bertz CT molecular complexity index is 1120. The fourth-order valence-corrected chi connectivity index (χ4v) is 3.04. The molecule has 2 aromatic rings. The summed E-state index contributed by atoms with van der Waals surface area (Å²) < 4.78 is 44.1. The predicted molar refractivity (Wildman–Crippen MR) is 107 cm³/mol. The molecule has 0 aromatic heterocycles. The number of halogens is 3. The number of hydrogen-bond acceptors (Lipinski definition) is 9. The Hall–Kier alpha value is -4.01. The van der Waals surface area contributed by atoms with Gasteiger partial charge in [0.25, 0.3) is 5.75 Å². The number of carbonyl (C=O) groups excluding carboxylic acids is 1. The first-order valence-corrected chi connectivity index (χ1v) is 9.39. The van der Waals surface area contributed by atoms with Crippen molar-refractivity contribution in [2.75, 3.05) is 5.75 Å². The Morgan fingerprint density at radius 2 is 1.69 bits per heavy atom. The predicted octanol–water partition coefficient (Wildman–Crippen LogP) is 3.87. The van der Waals surface area contributed by atoms with Crippen molar-refractivity contribution in [1.29, 1.82) is 0 Å². The molecule has 1 saturated heterocycles. The van der Waals surface area contributed by atoms with Crippen molar-refractivity contribution in [2.24, 2.45) is 10.2 Å². The molecule has 0 spiro atoms. The zero-order valence-electron chi connectivity index (χ0n) is 15.5. The van der Waals surface area contributed by atoms with Crippen molar-refractivity contribution in [3.8, 4) is 11.5 Å². The number of ether oxygens (including phenoxy) is 1. The van der Waals surface area contributed by atoms with Crippen molar-refractivity contribution >= 4 is 40.4 Å². The van der Waals surface area contributed by atoms with Gasteiger partial charge in [-0.15, -0.1) is 5.10 Å². The minimum absolute atomic E-state index is 0.0990. The van der Waals surface area contributed by atoms with Crippen LogP contribution in [0.4, 0.5) is 24.5 Å². The second kappa shape index (κ2) is 9.01. The first kappa shape index (κ1) is 22.7. The van der Waals surface area contributed by atoms with Gasteiger partial charge >= 0.3 is 17.6 Å². The summed E-state index contributed by atoms with van der Waals surface area (Å²) in [7, 11) is 0. The molecule has 2 aromatic carbocycles. The standard InChI is InChI=1S/C17H10F3N5O6S/c18-17(19,20)10-5-12(24(27)28)15(13(6-10)25(29)30)31-11-3-1-9(2-4-11)7-21-23-16-22-14(26)8-32-16/h1-7H,8H2,(H,22,23,26). The molecule has 32 heavy (non-hydrogen) atoms. The Morgan fingerprint density at radius 1 is 1.09 bits per heavy atom. The lowest BCUT2D eigenvalue weighted by atomic mass is 10.1. The number of thioether (sulfide) groups is 1. The molecule has 15 heteroatoms. The van der Waals surface area contributed by atoms with E-state index in [2.05, 4.69) is 15.5 Å². The molecule has 0 unspecified atom stereocenters. The van der Waals surface area contributed by atoms with Crippen LogP contribution in [0, 0.1) is 20.2 Å². The van der Waals surface area contributed by atoms with Gasteiger partial charge in [0.15, 0.2) is 5.17 Å². The fraction of sp³-hybridized carbons (Fsp3) is 0.118. The second-order valence-electron chi connectivity index (χ2n) is 6.01. The summed E-state index contributed by atoms with van der Waals surface area (Å²) in [5.74, 6) is -0.993. The topological polar surface area (TPSA) is 149 Å². The van der Waals surface area contributed by atoms with Crippen molar-refractivity contribution in [1.82, 2.24) is 5.32 Å². The first-order valence-electron chi connectivity index (χ1n) is 8.40. The number of amidine groups is 1. The van der Waals surface area contributed by atoms with Gasteiger partial charge in [0, 0.05) is 12.1 Å². The highest BCUT2D eigenvalue weighted by atomic mass is 32.2. The van der Waals surface area contributed by atoms with Gasteiger partial charge in [-0.3, -0.25) is 25.0 Å². The van der Waals surface area contributed by atoms with E-state index in [0.717, 1.165) is 0 Å². The molecule has 0 aliphatic carbocycles. The molecule has 1 N–H and O–H groups in total. The van der Waals surface area contributed by atoms with Crippen LogP contribution in [-0.2, 0) is 11.0 Å². The van der Waals surface area contributed by atoms with Crippen LogP contribution in [0.2, 0.25) is 0 Å². The number of carbonyl (C=O) groups is 1. The summed E-state index contributed by atoms with van der Waals surface area (Å²) in [5.41, 5.74) is -3.46. The maximum atomic E-state index is 13.0. The number of rotatable bonds is 6. The van der Waals surface area contributed by atoms with Crippen molar-refractivity contribution in [3.05, 3.63) is 67.8 Å². The van der Waals surface area contributed by atoms with Crippen molar-refractivity contribution in [3.63, 3.8) is 0 Å². The Balaban J connectivity index is 1.87. The molecule has 3 rings (SSSR count). The van der Waals surface area contributed by atoms with Crippen LogP contribution >= 0.6 is 11.8 Å². The van der Waals surface area contributed by atoms with E-state index in [1.165, 1.54) is 42.2 Å². The molecule has 1 amide bonds. The third-order valence-electron chi connectivity index (χ3n) is 3.81. The van der Waals surface area contributed by atoms with Crippen LogP contribution in [0.25, 0.3) is 0 Å². The normalized spacial score (nSPS) is 15.2. The molecule has 1 aliphatic heterocycles. The van der Waals surface area contributed by atoms with Gasteiger partial charge in [0.1, 0.15) is 5.75 Å². The van der Waals surface area contributed by atoms with Gasteiger partial charge in [-0.1, -0.05) is 11.8 Å². The lowest BCUT2D eigenvalue weighted by Gasteiger charge is -2.11. The Kier molecular flexibility index (Phi) is 6.38. The number of hydrogen-bond donors (Lipinski definition) is 1. The maximum Gasteiger partial charge on any atom is 0.416 e. The summed E-state index contributed by atoms with van der Waals surface area (Å²) in [5, 5.41) is 32.9. The van der Waals surface area contributed by atoms with Crippen LogP contribution in [0.1, 0.15) is 11.1 Å². The van der Waals surface area contributed by atoms with E-state index in [4.69, 9.17) is 4.74 Å². The van der Waals surface area contributed by atoms with E-state index in [1.807, 2.05) is 0 Å². The molecule has 0 atom stereocenters. The highest BCUT2D eigenvalue weighted by Crippen LogP contribution is 2.44. The molecule has 1 heterocycles. The van der Waals surface area contributed by atoms with Crippen molar-refractivity contribution < 1.29 is 32.5 Å². The van der Waals surface area contributed by atoms with Crippen LogP contribution < -0.4 is 10.1 Å². The third-order valence-corrected chi connectivity index (χ3v) is 4.68. The number of nitro groups is 2. The zero-order valence-corrected chi connectivity index (χ0v) is 16.3. The number of nitro benzene ring substituents is 2. The highest BCUT2D eigenvalue weighted by molar-refractivity contribution is 8.15. The molecule has 1 aliphatic rings. The van der Waals surface area contributed by atoms with Gasteiger partial charge in [0.2, 0.25) is 5.91 Å². The van der Waals surface area contributed by atoms with Gasteiger partial charge in [0.05, 0.1) is 27.4 Å². The van der Waals surface area contributed by atoms with Crippen LogP contribution in [0.5, 0.6) is 11.5 Å². The summed E-state index contributed by atoms with van der Waals surface area (Å²) in [6.07, 6.45) is -3.71. The quantitative estimate of drug-likeness (QED) is 0.383.